The Kier molecular flexibility index (Phi) is 4.27. The largest absolute Gasteiger partial charge is 0.352 e. The van der Waals surface area contributed by atoms with Gasteiger partial charge in [-0.05, 0) is 61.0 Å². The van der Waals surface area contributed by atoms with E-state index in [0.717, 1.165) is 40.4 Å². The predicted molar refractivity (Wildman–Crippen MR) is 89.6 cm³/mol. The Morgan fingerprint density at radius 2 is 2.05 bits per heavy atom. The van der Waals surface area contributed by atoms with Gasteiger partial charge in [-0.3, -0.25) is 4.79 Å². The Bertz CT molecular complexity index is 671. The van der Waals surface area contributed by atoms with Gasteiger partial charge in [0.25, 0.3) is 5.91 Å². The van der Waals surface area contributed by atoms with Crippen LogP contribution in [0.25, 0.3) is 10.8 Å². The van der Waals surface area contributed by atoms with E-state index in [4.69, 9.17) is 0 Å². The van der Waals surface area contributed by atoms with Crippen molar-refractivity contribution in [1.82, 2.24) is 10.2 Å². The van der Waals surface area contributed by atoms with Gasteiger partial charge < -0.3 is 10.2 Å². The second-order valence-corrected chi connectivity index (χ2v) is 6.75. The van der Waals surface area contributed by atoms with Crippen LogP contribution in [0.5, 0.6) is 0 Å². The smallest absolute Gasteiger partial charge is 0.251 e. The lowest BCUT2D eigenvalue weighted by molar-refractivity contribution is 0.0947. The molecule has 1 N–H and O–H groups in total. The molecule has 110 valence electrons. The molecule has 1 aliphatic rings. The number of hydrogen-bond donors (Lipinski definition) is 1. The third kappa shape index (κ3) is 3.44. The number of halogens is 1. The summed E-state index contributed by atoms with van der Waals surface area (Å²) in [5.41, 5.74) is 0.733. The topological polar surface area (TPSA) is 32.3 Å². The molecule has 0 radical (unpaired) electrons. The summed E-state index contributed by atoms with van der Waals surface area (Å²) >= 11 is 3.46. The first-order valence-corrected chi connectivity index (χ1v) is 8.07. The summed E-state index contributed by atoms with van der Waals surface area (Å²) in [5.74, 6) is 0.602. The number of fused-ring (bicyclic) bond motifs is 1. The van der Waals surface area contributed by atoms with Gasteiger partial charge in [0.1, 0.15) is 0 Å². The minimum atomic E-state index is 0.0226. The zero-order valence-corrected chi connectivity index (χ0v) is 13.7. The molecule has 4 heteroatoms. The first kappa shape index (κ1) is 14.5. The molecule has 21 heavy (non-hydrogen) atoms. The summed E-state index contributed by atoms with van der Waals surface area (Å²) in [6.45, 7) is 2.97. The molecule has 1 atom stereocenters. The Labute approximate surface area is 133 Å². The SMILES string of the molecule is CN1CCC(CNC(=O)c2ccc3cc(Br)ccc3c2)C1. The van der Waals surface area contributed by atoms with E-state index in [0.29, 0.717) is 5.92 Å². The van der Waals surface area contributed by atoms with Gasteiger partial charge in [-0.2, -0.15) is 0 Å². The Morgan fingerprint density at radius 1 is 1.29 bits per heavy atom. The Hall–Kier alpha value is -1.39. The summed E-state index contributed by atoms with van der Waals surface area (Å²) in [6.07, 6.45) is 1.17. The van der Waals surface area contributed by atoms with Crippen LogP contribution in [0.2, 0.25) is 0 Å². The highest BCUT2D eigenvalue weighted by Crippen LogP contribution is 2.21. The number of likely N-dealkylation sites (tertiary alicyclic amines) is 1. The van der Waals surface area contributed by atoms with Gasteiger partial charge in [0, 0.05) is 23.1 Å². The minimum Gasteiger partial charge on any atom is -0.352 e. The first-order valence-electron chi connectivity index (χ1n) is 7.28. The second kappa shape index (κ2) is 6.16. The molecule has 0 spiro atoms. The molecule has 1 unspecified atom stereocenters. The highest BCUT2D eigenvalue weighted by atomic mass is 79.9. The number of carbonyl (C=O) groups is 1. The molecule has 0 saturated carbocycles. The molecule has 1 fully saturated rings. The van der Waals surface area contributed by atoms with Gasteiger partial charge in [0.05, 0.1) is 0 Å². The van der Waals surface area contributed by atoms with Crippen molar-refractivity contribution in [2.24, 2.45) is 5.92 Å². The van der Waals surface area contributed by atoms with Crippen molar-refractivity contribution in [1.29, 1.82) is 0 Å². The molecule has 3 rings (SSSR count). The lowest BCUT2D eigenvalue weighted by Gasteiger charge is -2.12. The van der Waals surface area contributed by atoms with Crippen LogP contribution in [0.3, 0.4) is 0 Å². The Balaban J connectivity index is 1.68. The van der Waals surface area contributed by atoms with Crippen LogP contribution in [0.1, 0.15) is 16.8 Å². The molecule has 1 amide bonds. The second-order valence-electron chi connectivity index (χ2n) is 5.83. The van der Waals surface area contributed by atoms with E-state index in [1.807, 2.05) is 30.3 Å². The van der Waals surface area contributed by atoms with E-state index >= 15 is 0 Å². The number of nitrogens with zero attached hydrogens (tertiary/aromatic N) is 1. The number of rotatable bonds is 3. The molecule has 1 saturated heterocycles. The van der Waals surface area contributed by atoms with Crippen molar-refractivity contribution in [3.8, 4) is 0 Å². The normalized spacial score (nSPS) is 19.0. The molecule has 3 nitrogen and oxygen atoms in total. The fraction of sp³-hybridized carbons (Fsp3) is 0.353. The van der Waals surface area contributed by atoms with Crippen LogP contribution < -0.4 is 5.32 Å². The lowest BCUT2D eigenvalue weighted by Crippen LogP contribution is -2.30. The van der Waals surface area contributed by atoms with Crippen molar-refractivity contribution in [3.05, 3.63) is 46.4 Å². The maximum atomic E-state index is 12.3. The number of carbonyl (C=O) groups excluding carboxylic acids is 1. The molecule has 0 aromatic heterocycles. The average molecular weight is 347 g/mol. The van der Waals surface area contributed by atoms with Crippen LogP contribution in [-0.4, -0.2) is 37.5 Å². The van der Waals surface area contributed by atoms with E-state index in [1.54, 1.807) is 0 Å². The third-order valence-corrected chi connectivity index (χ3v) is 4.60. The molecule has 0 aliphatic carbocycles. The fourth-order valence-corrected chi connectivity index (χ4v) is 3.27. The van der Waals surface area contributed by atoms with Crippen molar-refractivity contribution in [2.45, 2.75) is 6.42 Å². The molecular weight excluding hydrogens is 328 g/mol. The van der Waals surface area contributed by atoms with Crippen LogP contribution in [0.15, 0.2) is 40.9 Å². The van der Waals surface area contributed by atoms with Crippen LogP contribution in [0.4, 0.5) is 0 Å². The number of amides is 1. The molecule has 1 heterocycles. The maximum absolute atomic E-state index is 12.3. The fourth-order valence-electron chi connectivity index (χ4n) is 2.89. The van der Waals surface area contributed by atoms with Crippen LogP contribution in [0, 0.1) is 5.92 Å². The van der Waals surface area contributed by atoms with E-state index in [1.165, 1.54) is 6.42 Å². The third-order valence-electron chi connectivity index (χ3n) is 4.10. The zero-order valence-electron chi connectivity index (χ0n) is 12.1. The first-order chi connectivity index (χ1) is 10.1. The quantitative estimate of drug-likeness (QED) is 0.924. The van der Waals surface area contributed by atoms with Gasteiger partial charge in [-0.25, -0.2) is 0 Å². The maximum Gasteiger partial charge on any atom is 0.251 e. The summed E-state index contributed by atoms with van der Waals surface area (Å²) in [4.78, 5) is 14.6. The van der Waals surface area contributed by atoms with Gasteiger partial charge >= 0.3 is 0 Å². The zero-order chi connectivity index (χ0) is 14.8. The Morgan fingerprint density at radius 3 is 2.81 bits per heavy atom. The van der Waals surface area contributed by atoms with Crippen molar-refractivity contribution < 1.29 is 4.79 Å². The lowest BCUT2D eigenvalue weighted by atomic mass is 10.1. The van der Waals surface area contributed by atoms with Gasteiger partial charge in [-0.15, -0.1) is 0 Å². The average Bonchev–Trinajstić information content (AvgIpc) is 2.90. The van der Waals surface area contributed by atoms with E-state index in [2.05, 4.69) is 39.3 Å². The molecule has 2 aromatic carbocycles. The van der Waals surface area contributed by atoms with Crippen LogP contribution >= 0.6 is 15.9 Å². The highest BCUT2D eigenvalue weighted by molar-refractivity contribution is 9.10. The van der Waals surface area contributed by atoms with Crippen molar-refractivity contribution in [3.63, 3.8) is 0 Å². The highest BCUT2D eigenvalue weighted by Gasteiger charge is 2.20. The van der Waals surface area contributed by atoms with E-state index < -0.39 is 0 Å². The summed E-state index contributed by atoms with van der Waals surface area (Å²) in [5, 5.41) is 5.29. The number of nitrogens with one attached hydrogen (secondary N) is 1. The number of benzene rings is 2. The minimum absolute atomic E-state index is 0.0226. The van der Waals surface area contributed by atoms with Crippen LogP contribution in [-0.2, 0) is 0 Å². The van der Waals surface area contributed by atoms with E-state index in [-0.39, 0.29) is 5.91 Å². The van der Waals surface area contributed by atoms with Crippen molar-refractivity contribution in [2.75, 3.05) is 26.7 Å². The molecule has 0 bridgehead atoms. The summed E-state index contributed by atoms with van der Waals surface area (Å²) in [7, 11) is 2.13. The molecule has 1 aliphatic heterocycles. The summed E-state index contributed by atoms with van der Waals surface area (Å²) < 4.78 is 1.05. The van der Waals surface area contributed by atoms with Gasteiger partial charge in [-0.1, -0.05) is 28.1 Å². The van der Waals surface area contributed by atoms with E-state index in [9.17, 15) is 4.79 Å². The monoisotopic (exact) mass is 346 g/mol. The van der Waals surface area contributed by atoms with Crippen molar-refractivity contribution >= 4 is 32.6 Å². The predicted octanol–water partition coefficient (Wildman–Crippen LogP) is 3.28. The summed E-state index contributed by atoms with van der Waals surface area (Å²) in [6, 6.07) is 11.9. The molecule has 2 aromatic rings. The molecular formula is C17H19BrN2O. The number of hydrogen-bond acceptors (Lipinski definition) is 2. The van der Waals surface area contributed by atoms with Gasteiger partial charge in [0.2, 0.25) is 0 Å². The standard InChI is InChI=1S/C17H19BrN2O/c1-20-7-6-12(11-20)10-19-17(21)15-3-2-14-9-16(18)5-4-13(14)8-15/h2-5,8-9,12H,6-7,10-11H2,1H3,(H,19,21). The van der Waals surface area contributed by atoms with Gasteiger partial charge in [0.15, 0.2) is 0 Å².